The van der Waals surface area contributed by atoms with Gasteiger partial charge in [0.05, 0.1) is 12.5 Å². The summed E-state index contributed by atoms with van der Waals surface area (Å²) in [6, 6.07) is 15.5. The Kier molecular flexibility index (Phi) is 5.30. The normalized spacial score (nSPS) is 16.5. The van der Waals surface area contributed by atoms with Crippen molar-refractivity contribution in [3.8, 4) is 11.8 Å². The molecule has 0 aromatic heterocycles. The van der Waals surface area contributed by atoms with E-state index in [0.717, 1.165) is 24.0 Å². The Balaban J connectivity index is 1.67. The SMILES string of the molecule is N#CCOc1ccc(CC(=O)N2CCC[C@H]2c2cccc(F)c2)cc1. The highest BCUT2D eigenvalue weighted by atomic mass is 19.1. The van der Waals surface area contributed by atoms with Crippen LogP contribution in [-0.2, 0) is 11.2 Å². The molecule has 128 valence electrons. The second-order valence-corrected chi connectivity index (χ2v) is 6.07. The van der Waals surface area contributed by atoms with Gasteiger partial charge in [0.2, 0.25) is 5.91 Å². The Morgan fingerprint density at radius 3 is 2.80 bits per heavy atom. The van der Waals surface area contributed by atoms with Crippen LogP contribution in [0.4, 0.5) is 4.39 Å². The first kappa shape index (κ1) is 17.0. The summed E-state index contributed by atoms with van der Waals surface area (Å²) in [5.74, 6) is 0.374. The summed E-state index contributed by atoms with van der Waals surface area (Å²) < 4.78 is 18.7. The van der Waals surface area contributed by atoms with E-state index in [2.05, 4.69) is 0 Å². The minimum atomic E-state index is -0.273. The summed E-state index contributed by atoms with van der Waals surface area (Å²) in [6.07, 6.45) is 2.08. The Hall–Kier alpha value is -2.87. The number of ether oxygens (including phenoxy) is 1. The van der Waals surface area contributed by atoms with Crippen molar-refractivity contribution in [1.29, 1.82) is 5.26 Å². The number of likely N-dealkylation sites (tertiary alicyclic amines) is 1. The topological polar surface area (TPSA) is 53.3 Å². The molecule has 1 aliphatic heterocycles. The predicted octanol–water partition coefficient (Wildman–Crippen LogP) is 3.63. The quantitative estimate of drug-likeness (QED) is 0.836. The van der Waals surface area contributed by atoms with Gasteiger partial charge < -0.3 is 9.64 Å². The number of amides is 1. The molecule has 2 aromatic rings. The Labute approximate surface area is 146 Å². The fourth-order valence-corrected chi connectivity index (χ4v) is 3.22. The lowest BCUT2D eigenvalue weighted by Gasteiger charge is -2.25. The van der Waals surface area contributed by atoms with E-state index in [1.807, 2.05) is 29.2 Å². The van der Waals surface area contributed by atoms with E-state index in [9.17, 15) is 9.18 Å². The molecule has 1 saturated heterocycles. The van der Waals surface area contributed by atoms with Crippen molar-refractivity contribution in [2.24, 2.45) is 0 Å². The third kappa shape index (κ3) is 4.16. The Bertz CT molecular complexity index is 783. The Morgan fingerprint density at radius 2 is 2.08 bits per heavy atom. The summed E-state index contributed by atoms with van der Waals surface area (Å²) in [6.45, 7) is 0.699. The van der Waals surface area contributed by atoms with Crippen LogP contribution >= 0.6 is 0 Å². The van der Waals surface area contributed by atoms with E-state index in [1.54, 1.807) is 18.2 Å². The molecule has 0 spiro atoms. The molecule has 3 rings (SSSR count). The molecule has 0 bridgehead atoms. The number of benzene rings is 2. The molecular weight excluding hydrogens is 319 g/mol. The molecule has 1 amide bonds. The summed E-state index contributed by atoms with van der Waals surface area (Å²) in [5, 5.41) is 8.51. The minimum Gasteiger partial charge on any atom is -0.479 e. The van der Waals surface area contributed by atoms with Crippen LogP contribution in [0.5, 0.6) is 5.75 Å². The van der Waals surface area contributed by atoms with Crippen LogP contribution < -0.4 is 4.74 Å². The number of carbonyl (C=O) groups excluding carboxylic acids is 1. The Morgan fingerprint density at radius 1 is 1.28 bits per heavy atom. The van der Waals surface area contributed by atoms with E-state index >= 15 is 0 Å². The van der Waals surface area contributed by atoms with Crippen molar-refractivity contribution in [2.75, 3.05) is 13.2 Å². The van der Waals surface area contributed by atoms with Crippen molar-refractivity contribution in [1.82, 2.24) is 4.90 Å². The predicted molar refractivity (Wildman–Crippen MR) is 91.3 cm³/mol. The minimum absolute atomic E-state index is 0.00136. The van der Waals surface area contributed by atoms with Crippen molar-refractivity contribution in [3.05, 3.63) is 65.5 Å². The van der Waals surface area contributed by atoms with Gasteiger partial charge in [-0.2, -0.15) is 5.26 Å². The summed E-state index contributed by atoms with van der Waals surface area (Å²) >= 11 is 0. The van der Waals surface area contributed by atoms with E-state index in [4.69, 9.17) is 10.00 Å². The fraction of sp³-hybridized carbons (Fsp3) is 0.300. The van der Waals surface area contributed by atoms with Gasteiger partial charge in [-0.1, -0.05) is 24.3 Å². The van der Waals surface area contributed by atoms with E-state index < -0.39 is 0 Å². The first-order valence-corrected chi connectivity index (χ1v) is 8.31. The largest absolute Gasteiger partial charge is 0.479 e. The number of rotatable bonds is 5. The molecule has 1 heterocycles. The van der Waals surface area contributed by atoms with Crippen LogP contribution in [0.2, 0.25) is 0 Å². The molecule has 4 nitrogen and oxygen atoms in total. The fourth-order valence-electron chi connectivity index (χ4n) is 3.22. The summed E-state index contributed by atoms with van der Waals surface area (Å²) in [4.78, 5) is 14.5. The highest BCUT2D eigenvalue weighted by molar-refractivity contribution is 5.79. The van der Waals surface area contributed by atoms with Gasteiger partial charge in [0, 0.05) is 6.54 Å². The number of hydrogen-bond acceptors (Lipinski definition) is 3. The van der Waals surface area contributed by atoms with Gasteiger partial charge in [0.1, 0.15) is 17.6 Å². The first-order valence-electron chi connectivity index (χ1n) is 8.31. The average molecular weight is 338 g/mol. The van der Waals surface area contributed by atoms with Crippen LogP contribution in [-0.4, -0.2) is 24.0 Å². The molecule has 0 radical (unpaired) electrons. The first-order chi connectivity index (χ1) is 12.2. The zero-order valence-corrected chi connectivity index (χ0v) is 13.8. The average Bonchev–Trinajstić information content (AvgIpc) is 3.11. The smallest absolute Gasteiger partial charge is 0.227 e. The molecule has 25 heavy (non-hydrogen) atoms. The second kappa shape index (κ2) is 7.80. The van der Waals surface area contributed by atoms with Crippen LogP contribution in [0.3, 0.4) is 0 Å². The van der Waals surface area contributed by atoms with Gasteiger partial charge in [0.25, 0.3) is 0 Å². The van der Waals surface area contributed by atoms with Crippen molar-refractivity contribution < 1.29 is 13.9 Å². The highest BCUT2D eigenvalue weighted by Gasteiger charge is 2.29. The number of halogens is 1. The molecule has 0 saturated carbocycles. The van der Waals surface area contributed by atoms with Crippen LogP contribution in [0.1, 0.15) is 30.0 Å². The molecule has 1 atom stereocenters. The molecule has 1 aliphatic rings. The van der Waals surface area contributed by atoms with Crippen LogP contribution in [0, 0.1) is 17.1 Å². The lowest BCUT2D eigenvalue weighted by atomic mass is 10.0. The monoisotopic (exact) mass is 338 g/mol. The molecule has 5 heteroatoms. The van der Waals surface area contributed by atoms with Gasteiger partial charge in [-0.25, -0.2) is 4.39 Å². The zero-order valence-electron chi connectivity index (χ0n) is 13.8. The zero-order chi connectivity index (χ0) is 17.6. The molecule has 1 fully saturated rings. The maximum atomic E-state index is 13.5. The second-order valence-electron chi connectivity index (χ2n) is 6.07. The lowest BCUT2D eigenvalue weighted by Crippen LogP contribution is -2.31. The standard InChI is InChI=1S/C20H19FN2O2/c21-17-4-1-3-16(14-17)19-5-2-11-23(19)20(24)13-15-6-8-18(9-7-15)25-12-10-22/h1,3-4,6-9,14,19H,2,5,11-13H2/t19-/m0/s1. The van der Waals surface area contributed by atoms with E-state index in [0.29, 0.717) is 18.7 Å². The number of nitrogens with zero attached hydrogens (tertiary/aromatic N) is 2. The summed E-state index contributed by atoms with van der Waals surface area (Å²) in [5.41, 5.74) is 1.74. The maximum Gasteiger partial charge on any atom is 0.227 e. The van der Waals surface area contributed by atoms with Crippen LogP contribution in [0.15, 0.2) is 48.5 Å². The third-order valence-electron chi connectivity index (χ3n) is 4.39. The van der Waals surface area contributed by atoms with Gasteiger partial charge in [0.15, 0.2) is 6.61 Å². The van der Waals surface area contributed by atoms with Crippen molar-refractivity contribution >= 4 is 5.91 Å². The van der Waals surface area contributed by atoms with Gasteiger partial charge in [-0.15, -0.1) is 0 Å². The molecule has 2 aromatic carbocycles. The van der Waals surface area contributed by atoms with Gasteiger partial charge in [-0.3, -0.25) is 4.79 Å². The lowest BCUT2D eigenvalue weighted by molar-refractivity contribution is -0.131. The van der Waals surface area contributed by atoms with E-state index in [1.165, 1.54) is 12.1 Å². The maximum absolute atomic E-state index is 13.5. The molecular formula is C20H19FN2O2. The van der Waals surface area contributed by atoms with Crippen LogP contribution in [0.25, 0.3) is 0 Å². The van der Waals surface area contributed by atoms with E-state index in [-0.39, 0.29) is 24.4 Å². The van der Waals surface area contributed by atoms with Crippen molar-refractivity contribution in [3.63, 3.8) is 0 Å². The summed E-state index contributed by atoms with van der Waals surface area (Å²) in [7, 11) is 0. The number of hydrogen-bond donors (Lipinski definition) is 0. The number of nitriles is 1. The molecule has 0 unspecified atom stereocenters. The highest BCUT2D eigenvalue weighted by Crippen LogP contribution is 2.32. The third-order valence-corrected chi connectivity index (χ3v) is 4.39. The number of carbonyl (C=O) groups is 1. The molecule has 0 aliphatic carbocycles. The molecule has 0 N–H and O–H groups in total. The van der Waals surface area contributed by atoms with Gasteiger partial charge >= 0.3 is 0 Å². The van der Waals surface area contributed by atoms with Gasteiger partial charge in [-0.05, 0) is 48.2 Å². The van der Waals surface area contributed by atoms with Crippen molar-refractivity contribution in [2.45, 2.75) is 25.3 Å².